The molecule has 194 valence electrons. The molecular formula is C32H59F. The third-order valence-electron chi connectivity index (χ3n) is 10.4. The predicted octanol–water partition coefficient (Wildman–Crippen LogP) is 11.1. The van der Waals surface area contributed by atoms with Crippen LogP contribution < -0.4 is 0 Å². The first-order chi connectivity index (χ1) is 16.3. The quantitative estimate of drug-likeness (QED) is 0.212. The number of rotatable bonds is 15. The molecule has 0 spiro atoms. The Hall–Kier alpha value is -0.0700. The summed E-state index contributed by atoms with van der Waals surface area (Å²) in [5.74, 6) is 6.30. The van der Waals surface area contributed by atoms with Gasteiger partial charge in [0.2, 0.25) is 0 Å². The van der Waals surface area contributed by atoms with Gasteiger partial charge in [-0.25, -0.2) is 0 Å². The monoisotopic (exact) mass is 462 g/mol. The number of halogens is 1. The molecule has 0 aromatic rings. The van der Waals surface area contributed by atoms with Gasteiger partial charge in [0.05, 0.1) is 6.67 Å². The molecule has 0 N–H and O–H groups in total. The molecule has 0 heterocycles. The molecule has 0 aromatic carbocycles. The van der Waals surface area contributed by atoms with E-state index >= 15 is 0 Å². The van der Waals surface area contributed by atoms with Crippen molar-refractivity contribution in [2.75, 3.05) is 6.67 Å². The molecule has 3 saturated carbocycles. The van der Waals surface area contributed by atoms with Crippen molar-refractivity contribution in [3.05, 3.63) is 0 Å². The molecule has 3 aliphatic carbocycles. The average Bonchev–Trinajstić information content (AvgIpc) is 2.87. The zero-order valence-corrected chi connectivity index (χ0v) is 22.5. The normalized spacial score (nSPS) is 33.3. The summed E-state index contributed by atoms with van der Waals surface area (Å²) in [6, 6.07) is 0. The highest BCUT2D eigenvalue weighted by Crippen LogP contribution is 2.46. The Labute approximate surface area is 207 Å². The molecule has 0 amide bonds. The summed E-state index contributed by atoms with van der Waals surface area (Å²) < 4.78 is 12.3. The molecule has 1 heteroatoms. The van der Waals surface area contributed by atoms with Gasteiger partial charge in [0.1, 0.15) is 0 Å². The van der Waals surface area contributed by atoms with Crippen molar-refractivity contribution in [2.24, 2.45) is 35.5 Å². The lowest BCUT2D eigenvalue weighted by Gasteiger charge is -2.41. The molecule has 0 unspecified atom stereocenters. The van der Waals surface area contributed by atoms with Crippen LogP contribution in [0.2, 0.25) is 0 Å². The molecule has 0 atom stereocenters. The topological polar surface area (TPSA) is 0 Å². The van der Waals surface area contributed by atoms with E-state index in [0.29, 0.717) is 0 Å². The second-order valence-corrected chi connectivity index (χ2v) is 12.7. The minimum Gasteiger partial charge on any atom is -0.251 e. The molecule has 3 aliphatic rings. The number of alkyl halides is 1. The molecule has 0 bridgehead atoms. The molecule has 0 aromatic heterocycles. The maximum Gasteiger partial charge on any atom is 0.0894 e. The zero-order valence-electron chi connectivity index (χ0n) is 22.5. The van der Waals surface area contributed by atoms with E-state index < -0.39 is 0 Å². The first-order valence-corrected chi connectivity index (χ1v) is 15.9. The highest BCUT2D eigenvalue weighted by atomic mass is 19.1. The SMILES string of the molecule is CCCCCCCCCC1CCC(C2CCC(C3CCC(CCCCCF)CC3)CC2)CC1. The maximum absolute atomic E-state index is 12.3. The van der Waals surface area contributed by atoms with E-state index in [1.807, 2.05) is 0 Å². The summed E-state index contributed by atoms with van der Waals surface area (Å²) in [6.07, 6.45) is 34.7. The van der Waals surface area contributed by atoms with Gasteiger partial charge in [-0.15, -0.1) is 0 Å². The molecule has 3 fully saturated rings. The van der Waals surface area contributed by atoms with Gasteiger partial charge in [-0.2, -0.15) is 0 Å². The first-order valence-electron chi connectivity index (χ1n) is 15.9. The highest BCUT2D eigenvalue weighted by Gasteiger charge is 2.34. The second kappa shape index (κ2) is 16.6. The third kappa shape index (κ3) is 10.2. The fourth-order valence-corrected chi connectivity index (χ4v) is 8.08. The van der Waals surface area contributed by atoms with Crippen LogP contribution >= 0.6 is 0 Å². The van der Waals surface area contributed by atoms with Gasteiger partial charge in [-0.1, -0.05) is 103 Å². The van der Waals surface area contributed by atoms with E-state index in [0.717, 1.165) is 48.3 Å². The Kier molecular flexibility index (Phi) is 13.8. The van der Waals surface area contributed by atoms with Gasteiger partial charge < -0.3 is 0 Å². The molecule has 0 aliphatic heterocycles. The van der Waals surface area contributed by atoms with Crippen molar-refractivity contribution >= 4 is 0 Å². The van der Waals surface area contributed by atoms with Crippen molar-refractivity contribution < 1.29 is 4.39 Å². The van der Waals surface area contributed by atoms with E-state index in [9.17, 15) is 4.39 Å². The number of hydrogen-bond donors (Lipinski definition) is 0. The highest BCUT2D eigenvalue weighted by molar-refractivity contribution is 4.86. The summed E-state index contributed by atoms with van der Waals surface area (Å²) >= 11 is 0. The maximum atomic E-state index is 12.3. The predicted molar refractivity (Wildman–Crippen MR) is 143 cm³/mol. The fraction of sp³-hybridized carbons (Fsp3) is 1.00. The molecular weight excluding hydrogens is 403 g/mol. The largest absolute Gasteiger partial charge is 0.251 e. The summed E-state index contributed by atoms with van der Waals surface area (Å²) in [4.78, 5) is 0. The van der Waals surface area contributed by atoms with Crippen LogP contribution in [0.4, 0.5) is 4.39 Å². The molecule has 0 radical (unpaired) electrons. The Morgan fingerprint density at radius 3 is 1.15 bits per heavy atom. The Bertz CT molecular complexity index is 449. The Morgan fingerprint density at radius 1 is 0.424 bits per heavy atom. The van der Waals surface area contributed by atoms with E-state index in [1.165, 1.54) is 89.9 Å². The van der Waals surface area contributed by atoms with Gasteiger partial charge in [-0.3, -0.25) is 4.39 Å². The van der Waals surface area contributed by atoms with Crippen LogP contribution in [0.5, 0.6) is 0 Å². The third-order valence-corrected chi connectivity index (χ3v) is 10.4. The lowest BCUT2D eigenvalue weighted by molar-refractivity contribution is 0.102. The van der Waals surface area contributed by atoms with Gasteiger partial charge in [0.15, 0.2) is 0 Å². The smallest absolute Gasteiger partial charge is 0.0894 e. The van der Waals surface area contributed by atoms with Crippen molar-refractivity contribution in [1.29, 1.82) is 0 Å². The van der Waals surface area contributed by atoms with Crippen molar-refractivity contribution in [2.45, 2.75) is 161 Å². The van der Waals surface area contributed by atoms with Crippen molar-refractivity contribution in [1.82, 2.24) is 0 Å². The standard InChI is InChI=1S/C32H59F/c1-2-3-4-5-6-7-9-12-27-14-18-29(19-15-27)31-22-24-32(25-23-31)30-20-16-28(17-21-30)13-10-8-11-26-33/h27-32H,2-26H2,1H3. The lowest BCUT2D eigenvalue weighted by atomic mass is 9.64. The summed E-state index contributed by atoms with van der Waals surface area (Å²) in [5.41, 5.74) is 0. The second-order valence-electron chi connectivity index (χ2n) is 12.7. The Balaban J connectivity index is 1.21. The van der Waals surface area contributed by atoms with Crippen LogP contribution in [0, 0.1) is 35.5 Å². The average molecular weight is 463 g/mol. The van der Waals surface area contributed by atoms with Crippen molar-refractivity contribution in [3.63, 3.8) is 0 Å². The first kappa shape index (κ1) is 27.5. The zero-order chi connectivity index (χ0) is 23.1. The summed E-state index contributed by atoms with van der Waals surface area (Å²) in [6.45, 7) is 2.20. The van der Waals surface area contributed by atoms with Gasteiger partial charge >= 0.3 is 0 Å². The molecule has 33 heavy (non-hydrogen) atoms. The lowest BCUT2D eigenvalue weighted by Crippen LogP contribution is -2.29. The minimum absolute atomic E-state index is 0.115. The van der Waals surface area contributed by atoms with E-state index in [4.69, 9.17) is 0 Å². The van der Waals surface area contributed by atoms with Crippen LogP contribution in [0.25, 0.3) is 0 Å². The van der Waals surface area contributed by atoms with E-state index in [2.05, 4.69) is 6.92 Å². The fourth-order valence-electron chi connectivity index (χ4n) is 8.08. The van der Waals surface area contributed by atoms with Crippen LogP contribution in [0.3, 0.4) is 0 Å². The number of unbranched alkanes of at least 4 members (excludes halogenated alkanes) is 8. The van der Waals surface area contributed by atoms with Crippen LogP contribution in [-0.2, 0) is 0 Å². The van der Waals surface area contributed by atoms with Crippen LogP contribution in [0.15, 0.2) is 0 Å². The molecule has 0 nitrogen and oxygen atoms in total. The van der Waals surface area contributed by atoms with Gasteiger partial charge in [0, 0.05) is 0 Å². The minimum atomic E-state index is -0.115. The Morgan fingerprint density at radius 2 is 0.758 bits per heavy atom. The van der Waals surface area contributed by atoms with Gasteiger partial charge in [-0.05, 0) is 93.3 Å². The van der Waals surface area contributed by atoms with E-state index in [1.54, 1.807) is 51.4 Å². The summed E-state index contributed by atoms with van der Waals surface area (Å²) in [5, 5.41) is 0. The molecule has 0 saturated heterocycles. The van der Waals surface area contributed by atoms with Crippen LogP contribution in [0.1, 0.15) is 161 Å². The van der Waals surface area contributed by atoms with Crippen molar-refractivity contribution in [3.8, 4) is 0 Å². The van der Waals surface area contributed by atoms with Gasteiger partial charge in [0.25, 0.3) is 0 Å². The number of hydrogen-bond acceptors (Lipinski definition) is 0. The molecule has 3 rings (SSSR count). The van der Waals surface area contributed by atoms with Crippen LogP contribution in [-0.4, -0.2) is 6.67 Å². The van der Waals surface area contributed by atoms with E-state index in [-0.39, 0.29) is 6.67 Å². The summed E-state index contributed by atoms with van der Waals surface area (Å²) in [7, 11) is 0.